The first-order valence-electron chi connectivity index (χ1n) is 13.6. The van der Waals surface area contributed by atoms with Gasteiger partial charge >= 0.3 is 0 Å². The Morgan fingerprint density at radius 1 is 1.00 bits per heavy atom. The molecule has 1 aliphatic rings. The standard InChI is InChI=1S/C18H23N.C15H16.C2H5N.CH5N.CH4/c1-5-6-7-10-13-19-16(4)14-17-11-8-9-12-18(17)15(2)3;1-11-10-15(11,2)14-9-5-7-12-6-3-4-8-13(12)14;1-2-3;1-2;/h5-9,11-12,19H,1-2,4,10,13-14H2,3H3;3-9,11H,10H2,1-2H3;2H,1,3H2;2H2,1H3;1H4/b7-6+;;;;. The molecule has 216 valence electrons. The third-order valence-corrected chi connectivity index (χ3v) is 6.90. The Morgan fingerprint density at radius 3 is 2.17 bits per heavy atom. The van der Waals surface area contributed by atoms with Crippen molar-refractivity contribution in [1.29, 1.82) is 0 Å². The zero-order chi connectivity index (χ0) is 29.3. The van der Waals surface area contributed by atoms with E-state index in [2.05, 4.69) is 124 Å². The molecular weight excluding hydrogens is 486 g/mol. The van der Waals surface area contributed by atoms with E-state index in [1.54, 1.807) is 6.08 Å². The Balaban J connectivity index is 0.000000649. The molecule has 3 aromatic carbocycles. The summed E-state index contributed by atoms with van der Waals surface area (Å²) in [6, 6.07) is 23.7. The Kier molecular flexibility index (Phi) is 17.4. The van der Waals surface area contributed by atoms with Crippen LogP contribution in [0.2, 0.25) is 0 Å². The van der Waals surface area contributed by atoms with Gasteiger partial charge in [-0.3, -0.25) is 0 Å². The first-order chi connectivity index (χ1) is 18.8. The third-order valence-electron chi connectivity index (χ3n) is 6.90. The van der Waals surface area contributed by atoms with Crippen LogP contribution in [-0.4, -0.2) is 13.6 Å². The quantitative estimate of drug-likeness (QED) is 0.188. The van der Waals surface area contributed by atoms with Gasteiger partial charge in [-0.2, -0.15) is 0 Å². The van der Waals surface area contributed by atoms with Crippen LogP contribution < -0.4 is 16.8 Å². The molecule has 0 aliphatic heterocycles. The number of allylic oxidation sites excluding steroid dienone is 4. The molecule has 4 rings (SSSR count). The van der Waals surface area contributed by atoms with Gasteiger partial charge in [0.2, 0.25) is 0 Å². The molecule has 0 bridgehead atoms. The normalized spacial score (nSPS) is 16.4. The summed E-state index contributed by atoms with van der Waals surface area (Å²) in [5, 5.41) is 6.15. The summed E-state index contributed by atoms with van der Waals surface area (Å²) < 4.78 is 0. The summed E-state index contributed by atoms with van der Waals surface area (Å²) in [6.45, 7) is 22.6. The molecule has 0 aromatic heterocycles. The molecule has 1 saturated carbocycles. The number of fused-ring (bicyclic) bond motifs is 1. The first kappa shape index (κ1) is 36.2. The van der Waals surface area contributed by atoms with E-state index in [0.29, 0.717) is 5.41 Å². The van der Waals surface area contributed by atoms with Crippen LogP contribution in [0.15, 0.2) is 123 Å². The lowest BCUT2D eigenvalue weighted by Crippen LogP contribution is -2.15. The van der Waals surface area contributed by atoms with Crippen LogP contribution in [0.4, 0.5) is 0 Å². The molecule has 3 nitrogen and oxygen atoms in total. The zero-order valence-electron chi connectivity index (χ0n) is 24.5. The Labute approximate surface area is 245 Å². The predicted octanol–water partition coefficient (Wildman–Crippen LogP) is 8.93. The molecule has 0 spiro atoms. The lowest BCUT2D eigenvalue weighted by atomic mass is 9.91. The second kappa shape index (κ2) is 19.3. The molecule has 3 heteroatoms. The highest BCUT2D eigenvalue weighted by Gasteiger charge is 2.48. The number of rotatable bonds is 9. The van der Waals surface area contributed by atoms with Gasteiger partial charge in [0.1, 0.15) is 0 Å². The summed E-state index contributed by atoms with van der Waals surface area (Å²) in [6.07, 6.45) is 10.2. The molecule has 0 amide bonds. The number of nitrogens with two attached hydrogens (primary N) is 2. The first-order valence-corrected chi connectivity index (χ1v) is 13.6. The Bertz CT molecular complexity index is 1230. The molecule has 0 saturated heterocycles. The lowest BCUT2D eigenvalue weighted by Gasteiger charge is -2.13. The number of hydrogen-bond acceptors (Lipinski definition) is 3. The van der Waals surface area contributed by atoms with Crippen molar-refractivity contribution in [2.75, 3.05) is 13.6 Å². The van der Waals surface area contributed by atoms with E-state index in [1.165, 1.54) is 47.1 Å². The Morgan fingerprint density at radius 2 is 1.57 bits per heavy atom. The van der Waals surface area contributed by atoms with Crippen molar-refractivity contribution < 1.29 is 0 Å². The zero-order valence-corrected chi connectivity index (χ0v) is 24.5. The molecule has 2 unspecified atom stereocenters. The maximum absolute atomic E-state index is 4.61. The van der Waals surface area contributed by atoms with Gasteiger partial charge in [0, 0.05) is 18.7 Å². The van der Waals surface area contributed by atoms with Crippen molar-refractivity contribution in [3.63, 3.8) is 0 Å². The van der Waals surface area contributed by atoms with Gasteiger partial charge in [0.15, 0.2) is 0 Å². The molecule has 3 aromatic rings. The average Bonchev–Trinajstić information content (AvgIpc) is 3.57. The van der Waals surface area contributed by atoms with Crippen LogP contribution in [0, 0.1) is 5.92 Å². The fourth-order valence-corrected chi connectivity index (χ4v) is 4.58. The largest absolute Gasteiger partial charge is 0.405 e. The summed E-state index contributed by atoms with van der Waals surface area (Å²) in [5.41, 5.74) is 15.7. The van der Waals surface area contributed by atoms with Crippen molar-refractivity contribution in [3.8, 4) is 0 Å². The molecule has 2 atom stereocenters. The lowest BCUT2D eigenvalue weighted by molar-refractivity contribution is 0.708. The Hall–Kier alpha value is -3.82. The number of hydrogen-bond donors (Lipinski definition) is 3. The fraction of sp³-hybridized carbons (Fsp3) is 0.297. The minimum atomic E-state index is 0. The van der Waals surface area contributed by atoms with Gasteiger partial charge in [0.05, 0.1) is 0 Å². The van der Waals surface area contributed by atoms with E-state index in [0.717, 1.165) is 36.6 Å². The summed E-state index contributed by atoms with van der Waals surface area (Å²) >= 11 is 0. The maximum atomic E-state index is 4.61. The van der Waals surface area contributed by atoms with Gasteiger partial charge in [-0.1, -0.05) is 138 Å². The van der Waals surface area contributed by atoms with E-state index in [-0.39, 0.29) is 7.43 Å². The van der Waals surface area contributed by atoms with E-state index >= 15 is 0 Å². The van der Waals surface area contributed by atoms with Crippen molar-refractivity contribution in [1.82, 2.24) is 5.32 Å². The van der Waals surface area contributed by atoms with Crippen LogP contribution in [-0.2, 0) is 11.8 Å². The van der Waals surface area contributed by atoms with Gasteiger partial charge in [-0.05, 0) is 71.8 Å². The molecule has 1 fully saturated rings. The highest BCUT2D eigenvalue weighted by atomic mass is 14.9. The monoisotopic (exact) mass is 539 g/mol. The highest BCUT2D eigenvalue weighted by Crippen LogP contribution is 2.55. The number of benzene rings is 3. The van der Waals surface area contributed by atoms with Crippen LogP contribution in [0.1, 0.15) is 57.7 Å². The highest BCUT2D eigenvalue weighted by molar-refractivity contribution is 5.87. The second-order valence-electron chi connectivity index (χ2n) is 9.88. The van der Waals surface area contributed by atoms with Crippen molar-refractivity contribution in [2.45, 2.75) is 52.9 Å². The molecule has 0 radical (unpaired) electrons. The molecule has 5 N–H and O–H groups in total. The minimum Gasteiger partial charge on any atom is -0.405 e. The average molecular weight is 540 g/mol. The van der Waals surface area contributed by atoms with E-state index in [1.807, 2.05) is 19.1 Å². The summed E-state index contributed by atoms with van der Waals surface area (Å²) in [4.78, 5) is 0. The van der Waals surface area contributed by atoms with Gasteiger partial charge in [-0.15, -0.1) is 0 Å². The van der Waals surface area contributed by atoms with Gasteiger partial charge in [0.25, 0.3) is 0 Å². The van der Waals surface area contributed by atoms with Gasteiger partial charge < -0.3 is 16.8 Å². The second-order valence-corrected chi connectivity index (χ2v) is 9.88. The van der Waals surface area contributed by atoms with E-state index in [4.69, 9.17) is 0 Å². The molecule has 40 heavy (non-hydrogen) atoms. The maximum Gasteiger partial charge on any atom is 0.0178 e. The summed E-state index contributed by atoms with van der Waals surface area (Å²) in [7, 11) is 1.50. The van der Waals surface area contributed by atoms with Gasteiger partial charge in [-0.25, -0.2) is 0 Å². The topological polar surface area (TPSA) is 64.1 Å². The van der Waals surface area contributed by atoms with Crippen LogP contribution in [0.5, 0.6) is 0 Å². The van der Waals surface area contributed by atoms with Crippen molar-refractivity contribution in [3.05, 3.63) is 140 Å². The molecular formula is C37H53N3. The third kappa shape index (κ3) is 11.1. The van der Waals surface area contributed by atoms with Crippen molar-refractivity contribution in [2.24, 2.45) is 17.4 Å². The van der Waals surface area contributed by atoms with E-state index in [9.17, 15) is 0 Å². The summed E-state index contributed by atoms with van der Waals surface area (Å²) in [5.74, 6) is 0.836. The van der Waals surface area contributed by atoms with Crippen LogP contribution in [0.3, 0.4) is 0 Å². The SMILES string of the molecule is C.C=C/C=C/CCNC(=C)Cc1ccccc1C(=C)C.C=CN.CC1CC1(C)c1cccc2ccccc12.CN. The number of nitrogens with one attached hydrogen (secondary N) is 1. The van der Waals surface area contributed by atoms with Crippen LogP contribution >= 0.6 is 0 Å². The van der Waals surface area contributed by atoms with Crippen LogP contribution in [0.25, 0.3) is 16.3 Å². The predicted molar refractivity (Wildman–Crippen MR) is 182 cm³/mol. The molecule has 0 heterocycles. The van der Waals surface area contributed by atoms with Crippen molar-refractivity contribution >= 4 is 16.3 Å². The smallest absolute Gasteiger partial charge is 0.0178 e. The molecule has 1 aliphatic carbocycles. The van der Waals surface area contributed by atoms with E-state index < -0.39 is 0 Å². The minimum absolute atomic E-state index is 0. The fourth-order valence-electron chi connectivity index (χ4n) is 4.58.